The molecule has 0 atom stereocenters. The fraction of sp³-hybridized carbons (Fsp3) is 0.158. The summed E-state index contributed by atoms with van der Waals surface area (Å²) in [6, 6.07) is 16.0. The van der Waals surface area contributed by atoms with E-state index in [9.17, 15) is 4.79 Å². The number of hydrogen-bond acceptors (Lipinski definition) is 3. The van der Waals surface area contributed by atoms with E-state index in [1.165, 1.54) is 4.57 Å². The van der Waals surface area contributed by atoms with Gasteiger partial charge in [-0.1, -0.05) is 30.3 Å². The molecule has 2 heterocycles. The minimum atomic E-state index is -0.0509. The summed E-state index contributed by atoms with van der Waals surface area (Å²) >= 11 is 0. The molecule has 0 radical (unpaired) electrons. The van der Waals surface area contributed by atoms with E-state index in [-0.39, 0.29) is 5.56 Å². The second-order valence-electron chi connectivity index (χ2n) is 5.81. The van der Waals surface area contributed by atoms with Crippen LogP contribution < -0.4 is 10.3 Å². The molecule has 0 N–H and O–H groups in total. The van der Waals surface area contributed by atoms with Crippen LogP contribution in [0.5, 0.6) is 5.75 Å². The summed E-state index contributed by atoms with van der Waals surface area (Å²) in [5, 5.41) is 1.50. The highest BCUT2D eigenvalue weighted by Crippen LogP contribution is 2.29. The first-order valence-electron chi connectivity index (χ1n) is 7.74. The Morgan fingerprint density at radius 2 is 1.92 bits per heavy atom. The van der Waals surface area contributed by atoms with Crippen LogP contribution in [0.25, 0.3) is 21.9 Å². The SMILES string of the molecule is COc1ccc2c(c1)c1c(=O)n(C)cnc1n2Cc1ccccc1. The molecule has 4 rings (SSSR count). The lowest BCUT2D eigenvalue weighted by molar-refractivity contribution is 0.415. The molecule has 5 heteroatoms. The summed E-state index contributed by atoms with van der Waals surface area (Å²) in [5.41, 5.74) is 2.79. The Labute approximate surface area is 138 Å². The highest BCUT2D eigenvalue weighted by molar-refractivity contribution is 6.06. The Bertz CT molecular complexity index is 1090. The van der Waals surface area contributed by atoms with Crippen molar-refractivity contribution in [2.75, 3.05) is 7.11 Å². The largest absolute Gasteiger partial charge is 0.497 e. The van der Waals surface area contributed by atoms with Gasteiger partial charge in [-0.3, -0.25) is 4.79 Å². The van der Waals surface area contributed by atoms with E-state index >= 15 is 0 Å². The van der Waals surface area contributed by atoms with Crippen molar-refractivity contribution in [3.63, 3.8) is 0 Å². The molecule has 0 aliphatic rings. The van der Waals surface area contributed by atoms with Crippen LogP contribution in [0, 0.1) is 0 Å². The van der Waals surface area contributed by atoms with Crippen LogP contribution in [-0.4, -0.2) is 21.2 Å². The summed E-state index contributed by atoms with van der Waals surface area (Å²) in [6.07, 6.45) is 1.57. The monoisotopic (exact) mass is 319 g/mol. The molecule has 24 heavy (non-hydrogen) atoms. The number of rotatable bonds is 3. The summed E-state index contributed by atoms with van der Waals surface area (Å²) in [6.45, 7) is 0.660. The summed E-state index contributed by atoms with van der Waals surface area (Å²) in [7, 11) is 3.34. The molecule has 0 unspecified atom stereocenters. The van der Waals surface area contributed by atoms with E-state index in [1.54, 1.807) is 20.5 Å². The van der Waals surface area contributed by atoms with Crippen LogP contribution >= 0.6 is 0 Å². The van der Waals surface area contributed by atoms with Gasteiger partial charge in [0.05, 0.1) is 24.3 Å². The highest BCUT2D eigenvalue weighted by atomic mass is 16.5. The number of aryl methyl sites for hydroxylation is 1. The van der Waals surface area contributed by atoms with Crippen LogP contribution in [0.15, 0.2) is 59.7 Å². The van der Waals surface area contributed by atoms with Gasteiger partial charge in [0.2, 0.25) is 0 Å². The standard InChI is InChI=1S/C19H17N3O2/c1-21-12-20-18-17(19(21)23)15-10-14(24-2)8-9-16(15)22(18)11-13-6-4-3-5-7-13/h3-10,12H,11H2,1-2H3. The average molecular weight is 319 g/mol. The summed E-state index contributed by atoms with van der Waals surface area (Å²) < 4.78 is 8.92. The smallest absolute Gasteiger partial charge is 0.263 e. The van der Waals surface area contributed by atoms with Crippen LogP contribution in [0.2, 0.25) is 0 Å². The first-order valence-corrected chi connectivity index (χ1v) is 7.74. The normalized spacial score (nSPS) is 11.2. The first-order chi connectivity index (χ1) is 11.7. The zero-order valence-electron chi connectivity index (χ0n) is 13.6. The van der Waals surface area contributed by atoms with Gasteiger partial charge in [0, 0.05) is 19.0 Å². The number of aromatic nitrogens is 3. The fourth-order valence-electron chi connectivity index (χ4n) is 3.09. The molecule has 0 spiro atoms. The first kappa shape index (κ1) is 14.5. The van der Waals surface area contributed by atoms with Gasteiger partial charge in [0.15, 0.2) is 0 Å². The van der Waals surface area contributed by atoms with Gasteiger partial charge >= 0.3 is 0 Å². The van der Waals surface area contributed by atoms with Crippen molar-refractivity contribution >= 4 is 21.9 Å². The topological polar surface area (TPSA) is 49.1 Å². The maximum absolute atomic E-state index is 12.7. The third-order valence-corrected chi connectivity index (χ3v) is 4.31. The van der Waals surface area contributed by atoms with Crippen LogP contribution in [-0.2, 0) is 13.6 Å². The molecule has 0 aliphatic heterocycles. The predicted octanol–water partition coefficient (Wildman–Crippen LogP) is 2.95. The van der Waals surface area contributed by atoms with Gasteiger partial charge in [-0.2, -0.15) is 0 Å². The lowest BCUT2D eigenvalue weighted by atomic mass is 10.2. The molecule has 120 valence electrons. The van der Waals surface area contributed by atoms with Gasteiger partial charge in [0.1, 0.15) is 11.4 Å². The number of benzene rings is 2. The van der Waals surface area contributed by atoms with Crippen molar-refractivity contribution in [3.8, 4) is 5.75 Å². The molecule has 5 nitrogen and oxygen atoms in total. The minimum Gasteiger partial charge on any atom is -0.497 e. The maximum Gasteiger partial charge on any atom is 0.263 e. The minimum absolute atomic E-state index is 0.0509. The van der Waals surface area contributed by atoms with Crippen LogP contribution in [0.1, 0.15) is 5.56 Å². The Balaban J connectivity index is 2.07. The fourth-order valence-corrected chi connectivity index (χ4v) is 3.09. The number of ether oxygens (including phenoxy) is 1. The maximum atomic E-state index is 12.7. The molecule has 0 amide bonds. The zero-order chi connectivity index (χ0) is 16.7. The van der Waals surface area contributed by atoms with Crippen molar-refractivity contribution in [2.45, 2.75) is 6.54 Å². The number of fused-ring (bicyclic) bond motifs is 3. The Morgan fingerprint density at radius 1 is 1.12 bits per heavy atom. The molecule has 0 saturated carbocycles. The number of methoxy groups -OCH3 is 1. The lowest BCUT2D eigenvalue weighted by Crippen LogP contribution is -2.17. The molecule has 0 aliphatic carbocycles. The Morgan fingerprint density at radius 3 is 2.67 bits per heavy atom. The second kappa shape index (κ2) is 5.53. The van der Waals surface area contributed by atoms with Gasteiger partial charge in [-0.15, -0.1) is 0 Å². The zero-order valence-corrected chi connectivity index (χ0v) is 13.6. The molecule has 2 aromatic heterocycles. The van der Waals surface area contributed by atoms with Crippen molar-refractivity contribution in [2.24, 2.45) is 7.05 Å². The molecule has 0 bridgehead atoms. The molecular weight excluding hydrogens is 302 g/mol. The van der Waals surface area contributed by atoms with E-state index in [2.05, 4.69) is 21.7 Å². The van der Waals surface area contributed by atoms with E-state index in [0.29, 0.717) is 17.6 Å². The Kier molecular flexibility index (Phi) is 3.34. The van der Waals surface area contributed by atoms with Crippen molar-refractivity contribution < 1.29 is 4.74 Å². The quantitative estimate of drug-likeness (QED) is 0.583. The molecular formula is C19H17N3O2. The van der Waals surface area contributed by atoms with E-state index in [1.807, 2.05) is 36.4 Å². The van der Waals surface area contributed by atoms with E-state index in [4.69, 9.17) is 4.74 Å². The Hall–Kier alpha value is -3.08. The lowest BCUT2D eigenvalue weighted by Gasteiger charge is -2.07. The second-order valence-corrected chi connectivity index (χ2v) is 5.81. The molecule has 0 fully saturated rings. The van der Waals surface area contributed by atoms with Crippen molar-refractivity contribution in [1.29, 1.82) is 0 Å². The van der Waals surface area contributed by atoms with Gasteiger partial charge < -0.3 is 13.9 Å². The van der Waals surface area contributed by atoms with Crippen LogP contribution in [0.4, 0.5) is 0 Å². The molecule has 0 saturated heterocycles. The van der Waals surface area contributed by atoms with E-state index in [0.717, 1.165) is 22.2 Å². The van der Waals surface area contributed by atoms with Crippen LogP contribution in [0.3, 0.4) is 0 Å². The number of nitrogens with zero attached hydrogens (tertiary/aromatic N) is 3. The van der Waals surface area contributed by atoms with Gasteiger partial charge in [0.25, 0.3) is 5.56 Å². The highest BCUT2D eigenvalue weighted by Gasteiger charge is 2.16. The van der Waals surface area contributed by atoms with Crippen molar-refractivity contribution in [1.82, 2.24) is 14.1 Å². The van der Waals surface area contributed by atoms with Gasteiger partial charge in [-0.05, 0) is 23.8 Å². The van der Waals surface area contributed by atoms with E-state index < -0.39 is 0 Å². The third-order valence-electron chi connectivity index (χ3n) is 4.31. The summed E-state index contributed by atoms with van der Waals surface area (Å²) in [5.74, 6) is 0.729. The molecule has 4 aromatic rings. The summed E-state index contributed by atoms with van der Waals surface area (Å²) in [4.78, 5) is 17.2. The third kappa shape index (κ3) is 2.17. The van der Waals surface area contributed by atoms with Gasteiger partial charge in [-0.25, -0.2) is 4.98 Å². The van der Waals surface area contributed by atoms with Crippen molar-refractivity contribution in [3.05, 3.63) is 70.8 Å². The number of hydrogen-bond donors (Lipinski definition) is 0. The average Bonchev–Trinajstić information content (AvgIpc) is 2.92. The molecule has 2 aromatic carbocycles. The predicted molar refractivity (Wildman–Crippen MR) is 94.6 cm³/mol.